The third kappa shape index (κ3) is 1.63. The minimum Gasteiger partial charge on any atom is -0.508 e. The fourth-order valence-corrected chi connectivity index (χ4v) is 2.23. The summed E-state index contributed by atoms with van der Waals surface area (Å²) in [6.07, 6.45) is 0.423. The summed E-state index contributed by atoms with van der Waals surface area (Å²) >= 11 is 0. The van der Waals surface area contributed by atoms with Gasteiger partial charge in [-0.05, 0) is 24.1 Å². The zero-order valence-corrected chi connectivity index (χ0v) is 9.43. The molecule has 1 saturated carbocycles. The van der Waals surface area contributed by atoms with Crippen molar-refractivity contribution in [2.75, 3.05) is 7.05 Å². The van der Waals surface area contributed by atoms with E-state index < -0.39 is 11.3 Å². The molecular formula is C12H14N2O3. The number of phenolic OH excluding ortho intramolecular Hbond substituents is 1. The Bertz CT molecular complexity index is 469. The number of carbonyl (C=O) groups is 2. The Balaban J connectivity index is 2.29. The van der Waals surface area contributed by atoms with Crippen LogP contribution in [0.2, 0.25) is 0 Å². The predicted octanol–water partition coefficient (Wildman–Crippen LogP) is 0.0972. The van der Waals surface area contributed by atoms with Gasteiger partial charge in [0.25, 0.3) is 0 Å². The van der Waals surface area contributed by atoms with Crippen LogP contribution in [-0.2, 0) is 9.59 Å². The van der Waals surface area contributed by atoms with Gasteiger partial charge in [0.05, 0.1) is 0 Å². The number of primary amides is 1. The molecule has 1 aliphatic carbocycles. The summed E-state index contributed by atoms with van der Waals surface area (Å²) < 4.78 is 0. The minimum absolute atomic E-state index is 0.152. The number of aromatic hydroxyl groups is 1. The van der Waals surface area contributed by atoms with Gasteiger partial charge in [-0.1, -0.05) is 12.1 Å². The van der Waals surface area contributed by atoms with Gasteiger partial charge in [-0.25, -0.2) is 0 Å². The van der Waals surface area contributed by atoms with Crippen molar-refractivity contribution >= 4 is 11.8 Å². The van der Waals surface area contributed by atoms with Crippen LogP contribution in [0.5, 0.6) is 5.75 Å². The molecule has 0 radical (unpaired) electrons. The van der Waals surface area contributed by atoms with Crippen molar-refractivity contribution in [2.24, 2.45) is 11.1 Å². The smallest absolute Gasteiger partial charge is 0.236 e. The number of amides is 2. The van der Waals surface area contributed by atoms with Crippen LogP contribution in [-0.4, -0.2) is 24.0 Å². The summed E-state index contributed by atoms with van der Waals surface area (Å²) in [7, 11) is 1.49. The average Bonchev–Trinajstić information content (AvgIpc) is 3.05. The Morgan fingerprint density at radius 2 is 2.00 bits per heavy atom. The molecule has 1 aromatic rings. The first-order valence-electron chi connectivity index (χ1n) is 5.33. The summed E-state index contributed by atoms with van der Waals surface area (Å²) in [5.74, 6) is -0.988. The van der Waals surface area contributed by atoms with Crippen LogP contribution in [0.15, 0.2) is 24.3 Å². The van der Waals surface area contributed by atoms with Crippen molar-refractivity contribution in [3.63, 3.8) is 0 Å². The van der Waals surface area contributed by atoms with E-state index in [9.17, 15) is 14.7 Å². The van der Waals surface area contributed by atoms with Crippen LogP contribution < -0.4 is 11.1 Å². The van der Waals surface area contributed by atoms with Gasteiger partial charge in [0, 0.05) is 13.0 Å². The van der Waals surface area contributed by atoms with Crippen molar-refractivity contribution in [2.45, 2.75) is 12.3 Å². The Labute approximate surface area is 98.6 Å². The topological polar surface area (TPSA) is 92.4 Å². The lowest BCUT2D eigenvalue weighted by Gasteiger charge is -2.11. The van der Waals surface area contributed by atoms with E-state index in [1.807, 2.05) is 0 Å². The minimum atomic E-state index is -1.12. The highest BCUT2D eigenvalue weighted by atomic mass is 16.3. The second kappa shape index (κ2) is 3.76. The Morgan fingerprint density at radius 1 is 1.41 bits per heavy atom. The molecule has 90 valence electrons. The highest BCUT2D eigenvalue weighted by Crippen LogP contribution is 2.59. The Kier molecular flexibility index (Phi) is 2.53. The van der Waals surface area contributed by atoms with Gasteiger partial charge < -0.3 is 16.2 Å². The molecule has 2 rings (SSSR count). The van der Waals surface area contributed by atoms with Crippen molar-refractivity contribution < 1.29 is 14.7 Å². The first kappa shape index (κ1) is 11.4. The van der Waals surface area contributed by atoms with E-state index in [0.717, 1.165) is 5.56 Å². The van der Waals surface area contributed by atoms with E-state index >= 15 is 0 Å². The van der Waals surface area contributed by atoms with Crippen LogP contribution >= 0.6 is 0 Å². The molecule has 1 aliphatic rings. The maximum Gasteiger partial charge on any atom is 0.236 e. The van der Waals surface area contributed by atoms with E-state index in [4.69, 9.17) is 5.73 Å². The molecule has 0 spiro atoms. The summed E-state index contributed by atoms with van der Waals surface area (Å²) in [6.45, 7) is 0. The van der Waals surface area contributed by atoms with Gasteiger partial charge in [0.2, 0.25) is 11.8 Å². The fourth-order valence-electron chi connectivity index (χ4n) is 2.23. The van der Waals surface area contributed by atoms with E-state index in [0.29, 0.717) is 6.42 Å². The maximum absolute atomic E-state index is 11.7. The largest absolute Gasteiger partial charge is 0.508 e. The molecule has 17 heavy (non-hydrogen) atoms. The number of hydrogen-bond donors (Lipinski definition) is 3. The lowest BCUT2D eigenvalue weighted by atomic mass is 9.97. The van der Waals surface area contributed by atoms with Crippen LogP contribution in [0.3, 0.4) is 0 Å². The molecule has 4 N–H and O–H groups in total. The number of phenols is 1. The van der Waals surface area contributed by atoms with Crippen LogP contribution in [0.25, 0.3) is 0 Å². The quantitative estimate of drug-likeness (QED) is 0.647. The van der Waals surface area contributed by atoms with Crippen LogP contribution in [0.1, 0.15) is 17.9 Å². The Morgan fingerprint density at radius 3 is 2.47 bits per heavy atom. The molecular weight excluding hydrogens is 220 g/mol. The third-order valence-corrected chi connectivity index (χ3v) is 3.33. The molecule has 1 aromatic carbocycles. The van der Waals surface area contributed by atoms with Crippen LogP contribution in [0.4, 0.5) is 0 Å². The van der Waals surface area contributed by atoms with Gasteiger partial charge in [-0.3, -0.25) is 9.59 Å². The summed E-state index contributed by atoms with van der Waals surface area (Å²) in [5, 5.41) is 11.7. The number of benzene rings is 1. The molecule has 0 saturated heterocycles. The number of nitrogens with two attached hydrogens (primary N) is 1. The van der Waals surface area contributed by atoms with Crippen molar-refractivity contribution in [1.82, 2.24) is 5.32 Å². The number of rotatable bonds is 3. The van der Waals surface area contributed by atoms with Gasteiger partial charge in [0.15, 0.2) is 0 Å². The number of nitrogens with one attached hydrogen (secondary N) is 1. The molecule has 0 aromatic heterocycles. The van der Waals surface area contributed by atoms with E-state index in [1.165, 1.54) is 19.2 Å². The van der Waals surface area contributed by atoms with Gasteiger partial charge in [-0.15, -0.1) is 0 Å². The maximum atomic E-state index is 11.7. The molecule has 0 heterocycles. The van der Waals surface area contributed by atoms with Crippen LogP contribution in [0, 0.1) is 5.41 Å². The van der Waals surface area contributed by atoms with Crippen molar-refractivity contribution in [3.05, 3.63) is 29.8 Å². The second-order valence-corrected chi connectivity index (χ2v) is 4.26. The molecule has 1 fully saturated rings. The first-order chi connectivity index (χ1) is 8.02. The molecule has 2 atom stereocenters. The number of carbonyl (C=O) groups excluding carboxylic acids is 2. The zero-order valence-electron chi connectivity index (χ0n) is 9.43. The normalized spacial score (nSPS) is 26.3. The first-order valence-corrected chi connectivity index (χ1v) is 5.33. The van der Waals surface area contributed by atoms with Gasteiger partial charge in [0.1, 0.15) is 11.2 Å². The van der Waals surface area contributed by atoms with E-state index in [-0.39, 0.29) is 17.6 Å². The van der Waals surface area contributed by atoms with Crippen molar-refractivity contribution in [1.29, 1.82) is 0 Å². The van der Waals surface area contributed by atoms with E-state index in [2.05, 4.69) is 5.32 Å². The zero-order chi connectivity index (χ0) is 12.6. The molecule has 2 amide bonds. The average molecular weight is 234 g/mol. The predicted molar refractivity (Wildman–Crippen MR) is 61.2 cm³/mol. The standard InChI is InChI=1S/C12H14N2O3/c1-14-11(17)12(10(13)16)6-9(12)7-2-4-8(15)5-3-7/h2-5,9,15H,6H2,1H3,(H2,13,16)(H,14,17). The fraction of sp³-hybridized carbons (Fsp3) is 0.333. The molecule has 5 nitrogen and oxygen atoms in total. The second-order valence-electron chi connectivity index (χ2n) is 4.26. The lowest BCUT2D eigenvalue weighted by Crippen LogP contribution is -2.40. The molecule has 2 unspecified atom stereocenters. The Hall–Kier alpha value is -2.04. The molecule has 0 aliphatic heterocycles. The summed E-state index contributed by atoms with van der Waals surface area (Å²) in [6, 6.07) is 6.47. The van der Waals surface area contributed by atoms with Gasteiger partial charge >= 0.3 is 0 Å². The third-order valence-electron chi connectivity index (χ3n) is 3.33. The highest BCUT2D eigenvalue weighted by molar-refractivity contribution is 6.09. The number of hydrogen-bond acceptors (Lipinski definition) is 3. The van der Waals surface area contributed by atoms with E-state index in [1.54, 1.807) is 12.1 Å². The summed E-state index contributed by atoms with van der Waals surface area (Å²) in [5.41, 5.74) is 5.04. The van der Waals surface area contributed by atoms with Gasteiger partial charge in [-0.2, -0.15) is 0 Å². The summed E-state index contributed by atoms with van der Waals surface area (Å²) in [4.78, 5) is 23.2. The lowest BCUT2D eigenvalue weighted by molar-refractivity contribution is -0.135. The highest BCUT2D eigenvalue weighted by Gasteiger charge is 2.64. The van der Waals surface area contributed by atoms with Crippen molar-refractivity contribution in [3.8, 4) is 5.75 Å². The SMILES string of the molecule is CNC(=O)C1(C(N)=O)CC1c1ccc(O)cc1. The molecule has 5 heteroatoms. The monoisotopic (exact) mass is 234 g/mol. The molecule has 0 bridgehead atoms.